The third kappa shape index (κ3) is 3.17. The summed E-state index contributed by atoms with van der Waals surface area (Å²) in [6.45, 7) is 2.32. The van der Waals surface area contributed by atoms with Gasteiger partial charge in [-0.3, -0.25) is 4.79 Å². The normalized spacial score (nSPS) is 10.1. The fourth-order valence-electron chi connectivity index (χ4n) is 1.57. The van der Waals surface area contributed by atoms with Crippen molar-refractivity contribution < 1.29 is 9.53 Å². The van der Waals surface area contributed by atoms with Crippen molar-refractivity contribution in [2.75, 3.05) is 0 Å². The highest BCUT2D eigenvalue weighted by Crippen LogP contribution is 2.11. The maximum absolute atomic E-state index is 11.4. The highest BCUT2D eigenvalue weighted by atomic mass is 16.5. The summed E-state index contributed by atoms with van der Waals surface area (Å²) in [5.74, 6) is 0.628. The molecule has 0 unspecified atom stereocenters. The molecule has 0 aliphatic heterocycles. The molecule has 2 aromatic rings. The molecule has 1 aromatic carbocycles. The Bertz CT molecular complexity index is 506. The summed E-state index contributed by atoms with van der Waals surface area (Å²) in [6.07, 6.45) is 2.05. The summed E-state index contributed by atoms with van der Waals surface area (Å²) in [7, 11) is 0. The number of aromatic nitrogens is 1. The highest BCUT2D eigenvalue weighted by molar-refractivity contribution is 5.95. The van der Waals surface area contributed by atoms with E-state index >= 15 is 0 Å². The zero-order valence-electron chi connectivity index (χ0n) is 10.3. The molecule has 3 nitrogen and oxygen atoms in total. The third-order valence-corrected chi connectivity index (χ3v) is 2.61. The minimum atomic E-state index is 0.0945. The Balaban J connectivity index is 1.97. The Hall–Kier alpha value is -2.16. The molecule has 0 N–H and O–H groups in total. The molecule has 0 aliphatic rings. The second kappa shape index (κ2) is 5.96. The molecule has 0 amide bonds. The van der Waals surface area contributed by atoms with Gasteiger partial charge in [-0.2, -0.15) is 0 Å². The molecule has 0 radical (unpaired) electrons. The molecular formula is C15H15NO2. The van der Waals surface area contributed by atoms with Crippen LogP contribution in [0.1, 0.15) is 29.3 Å². The van der Waals surface area contributed by atoms with Crippen LogP contribution in [0.5, 0.6) is 5.88 Å². The first kappa shape index (κ1) is 12.3. The second-order valence-corrected chi connectivity index (χ2v) is 3.94. The molecule has 0 saturated carbocycles. The van der Waals surface area contributed by atoms with Gasteiger partial charge in [0.1, 0.15) is 6.61 Å². The van der Waals surface area contributed by atoms with Crippen LogP contribution in [0.15, 0.2) is 48.7 Å². The minimum absolute atomic E-state index is 0.0945. The topological polar surface area (TPSA) is 39.2 Å². The Morgan fingerprint density at radius 1 is 1.17 bits per heavy atom. The summed E-state index contributed by atoms with van der Waals surface area (Å²) in [5, 5.41) is 0. The van der Waals surface area contributed by atoms with Gasteiger partial charge in [0.05, 0.1) is 0 Å². The maximum Gasteiger partial charge on any atom is 0.213 e. The van der Waals surface area contributed by atoms with Gasteiger partial charge >= 0.3 is 0 Å². The SMILES string of the molecule is CCC(=O)c1ccc(OCc2ccccc2)nc1. The van der Waals surface area contributed by atoms with E-state index in [-0.39, 0.29) is 5.78 Å². The number of Topliss-reactive ketones (excluding diaryl/α,β-unsaturated/α-hetero) is 1. The zero-order valence-corrected chi connectivity index (χ0v) is 10.3. The number of rotatable bonds is 5. The van der Waals surface area contributed by atoms with Crippen molar-refractivity contribution in [3.05, 3.63) is 59.8 Å². The smallest absolute Gasteiger partial charge is 0.213 e. The summed E-state index contributed by atoms with van der Waals surface area (Å²) in [6, 6.07) is 13.4. The lowest BCUT2D eigenvalue weighted by atomic mass is 10.1. The van der Waals surface area contributed by atoms with Crippen LogP contribution < -0.4 is 4.74 Å². The quantitative estimate of drug-likeness (QED) is 0.754. The number of ether oxygens (including phenoxy) is 1. The highest BCUT2D eigenvalue weighted by Gasteiger charge is 2.03. The Labute approximate surface area is 106 Å². The van der Waals surface area contributed by atoms with Gasteiger partial charge in [-0.25, -0.2) is 4.98 Å². The minimum Gasteiger partial charge on any atom is -0.473 e. The molecule has 0 bridgehead atoms. The molecule has 0 atom stereocenters. The molecule has 92 valence electrons. The van der Waals surface area contributed by atoms with E-state index in [1.807, 2.05) is 37.3 Å². The average Bonchev–Trinajstić information content (AvgIpc) is 2.46. The van der Waals surface area contributed by atoms with Crippen molar-refractivity contribution in [1.82, 2.24) is 4.98 Å². The summed E-state index contributed by atoms with van der Waals surface area (Å²) in [5.41, 5.74) is 1.72. The van der Waals surface area contributed by atoms with Gasteiger partial charge < -0.3 is 4.74 Å². The standard InChI is InChI=1S/C15H15NO2/c1-2-14(17)13-8-9-15(16-10-13)18-11-12-6-4-3-5-7-12/h3-10H,2,11H2,1H3. The van der Waals surface area contributed by atoms with Crippen LogP contribution >= 0.6 is 0 Å². The third-order valence-electron chi connectivity index (χ3n) is 2.61. The second-order valence-electron chi connectivity index (χ2n) is 3.94. The van der Waals surface area contributed by atoms with E-state index < -0.39 is 0 Å². The number of hydrogen-bond acceptors (Lipinski definition) is 3. The van der Waals surface area contributed by atoms with Gasteiger partial charge in [-0.05, 0) is 11.6 Å². The monoisotopic (exact) mass is 241 g/mol. The van der Waals surface area contributed by atoms with E-state index in [0.717, 1.165) is 5.56 Å². The van der Waals surface area contributed by atoms with Crippen LogP contribution in [0.4, 0.5) is 0 Å². The molecular weight excluding hydrogens is 226 g/mol. The molecule has 0 spiro atoms. The van der Waals surface area contributed by atoms with Gasteiger partial charge in [-0.1, -0.05) is 37.3 Å². The molecule has 1 heterocycles. The number of ketones is 1. The predicted octanol–water partition coefficient (Wildman–Crippen LogP) is 3.25. The molecule has 1 aromatic heterocycles. The van der Waals surface area contributed by atoms with Crippen LogP contribution in [0, 0.1) is 0 Å². The fraction of sp³-hybridized carbons (Fsp3) is 0.200. The van der Waals surface area contributed by atoms with E-state index in [9.17, 15) is 4.79 Å². The first-order valence-corrected chi connectivity index (χ1v) is 5.95. The molecule has 0 aliphatic carbocycles. The van der Waals surface area contributed by atoms with E-state index in [1.165, 1.54) is 0 Å². The molecule has 0 saturated heterocycles. The first-order chi connectivity index (χ1) is 8.79. The molecule has 18 heavy (non-hydrogen) atoms. The number of pyridine rings is 1. The lowest BCUT2D eigenvalue weighted by Crippen LogP contribution is -2.00. The van der Waals surface area contributed by atoms with E-state index in [0.29, 0.717) is 24.5 Å². The van der Waals surface area contributed by atoms with Crippen molar-refractivity contribution in [3.8, 4) is 5.88 Å². The first-order valence-electron chi connectivity index (χ1n) is 5.95. The van der Waals surface area contributed by atoms with Crippen molar-refractivity contribution in [2.45, 2.75) is 20.0 Å². The van der Waals surface area contributed by atoms with Gasteiger partial charge in [0.15, 0.2) is 5.78 Å². The van der Waals surface area contributed by atoms with Crippen molar-refractivity contribution in [2.24, 2.45) is 0 Å². The Morgan fingerprint density at radius 2 is 1.94 bits per heavy atom. The lowest BCUT2D eigenvalue weighted by molar-refractivity contribution is 0.0987. The fourth-order valence-corrected chi connectivity index (χ4v) is 1.57. The number of carbonyl (C=O) groups excluding carboxylic acids is 1. The van der Waals surface area contributed by atoms with Gasteiger partial charge in [0.2, 0.25) is 5.88 Å². The summed E-state index contributed by atoms with van der Waals surface area (Å²) >= 11 is 0. The van der Waals surface area contributed by atoms with E-state index in [1.54, 1.807) is 18.3 Å². The maximum atomic E-state index is 11.4. The van der Waals surface area contributed by atoms with Crippen molar-refractivity contribution in [3.63, 3.8) is 0 Å². The van der Waals surface area contributed by atoms with Crippen molar-refractivity contribution >= 4 is 5.78 Å². The van der Waals surface area contributed by atoms with Crippen LogP contribution in [0.25, 0.3) is 0 Å². The Kier molecular flexibility index (Phi) is 4.07. The Morgan fingerprint density at radius 3 is 2.56 bits per heavy atom. The summed E-state index contributed by atoms with van der Waals surface area (Å²) in [4.78, 5) is 15.5. The van der Waals surface area contributed by atoms with Gasteiger partial charge in [-0.15, -0.1) is 0 Å². The summed E-state index contributed by atoms with van der Waals surface area (Å²) < 4.78 is 5.54. The van der Waals surface area contributed by atoms with Crippen LogP contribution in [0.3, 0.4) is 0 Å². The number of nitrogens with zero attached hydrogens (tertiary/aromatic N) is 1. The van der Waals surface area contributed by atoms with E-state index in [2.05, 4.69) is 4.98 Å². The largest absolute Gasteiger partial charge is 0.473 e. The average molecular weight is 241 g/mol. The molecule has 3 heteroatoms. The van der Waals surface area contributed by atoms with Gasteiger partial charge in [0.25, 0.3) is 0 Å². The lowest BCUT2D eigenvalue weighted by Gasteiger charge is -2.05. The van der Waals surface area contributed by atoms with Crippen LogP contribution in [-0.4, -0.2) is 10.8 Å². The number of carbonyl (C=O) groups is 1. The van der Waals surface area contributed by atoms with E-state index in [4.69, 9.17) is 4.74 Å². The van der Waals surface area contributed by atoms with Gasteiger partial charge in [0, 0.05) is 24.2 Å². The predicted molar refractivity (Wildman–Crippen MR) is 69.6 cm³/mol. The van der Waals surface area contributed by atoms with Crippen molar-refractivity contribution in [1.29, 1.82) is 0 Å². The number of hydrogen-bond donors (Lipinski definition) is 0. The molecule has 0 fully saturated rings. The van der Waals surface area contributed by atoms with Crippen LogP contribution in [-0.2, 0) is 6.61 Å². The number of benzene rings is 1. The molecule has 2 rings (SSSR count). The zero-order chi connectivity index (χ0) is 12.8. The van der Waals surface area contributed by atoms with Crippen LogP contribution in [0.2, 0.25) is 0 Å².